The Morgan fingerprint density at radius 1 is 0.735 bits per heavy atom. The Morgan fingerprint density at radius 2 is 1.38 bits per heavy atom. The van der Waals surface area contributed by atoms with E-state index in [-0.39, 0.29) is 5.82 Å². The van der Waals surface area contributed by atoms with Gasteiger partial charge in [-0.15, -0.1) is 23.5 Å². The first kappa shape index (κ1) is 26.1. The lowest BCUT2D eigenvalue weighted by atomic mass is 9.77. The van der Waals surface area contributed by atoms with Gasteiger partial charge in [0.05, 0.1) is 4.58 Å². The molecule has 34 heavy (non-hydrogen) atoms. The number of hydrogen-bond acceptors (Lipinski definition) is 2. The summed E-state index contributed by atoms with van der Waals surface area (Å²) in [6.45, 7) is 4.56. The predicted octanol–water partition coefficient (Wildman–Crippen LogP) is 10.6. The molecule has 2 fully saturated rings. The van der Waals surface area contributed by atoms with Crippen LogP contribution >= 0.6 is 23.5 Å². The third-order valence-electron chi connectivity index (χ3n) is 7.95. The van der Waals surface area contributed by atoms with Crippen LogP contribution in [0.1, 0.15) is 106 Å². The molecule has 0 nitrogen and oxygen atoms in total. The highest BCUT2D eigenvalue weighted by atomic mass is 32.2. The van der Waals surface area contributed by atoms with Crippen molar-refractivity contribution in [1.29, 1.82) is 0 Å². The molecular weight excluding hydrogens is 455 g/mol. The van der Waals surface area contributed by atoms with Crippen LogP contribution in [-0.4, -0.2) is 11.5 Å². The van der Waals surface area contributed by atoms with Crippen LogP contribution < -0.4 is 0 Å². The minimum Gasteiger partial charge on any atom is -0.206 e. The number of unbranched alkanes of at least 4 members (excludes halogenated alkanes) is 3. The standard InChI is InChI=1S/C31H43FS2/c1-3-5-7-9-24-21-33-31(34-22-24)27-16-14-26(15-17-27)29-19-18-28(20-30(29)32)25-12-10-23(11-13-25)8-6-4-2/h14-20,23-25,31H,3-13,21-22H2,1-2H3/t23-,24?,25-,31?. The lowest BCUT2D eigenvalue weighted by Gasteiger charge is -2.29. The molecule has 2 aromatic rings. The largest absolute Gasteiger partial charge is 0.206 e. The van der Waals surface area contributed by atoms with Crippen molar-refractivity contribution in [2.75, 3.05) is 11.5 Å². The van der Waals surface area contributed by atoms with E-state index in [4.69, 9.17) is 0 Å². The molecule has 0 bridgehead atoms. The maximum Gasteiger partial charge on any atom is 0.131 e. The molecule has 1 aliphatic heterocycles. The third-order valence-corrected chi connectivity index (χ3v) is 11.2. The summed E-state index contributed by atoms with van der Waals surface area (Å²) >= 11 is 4.20. The first-order chi connectivity index (χ1) is 16.7. The van der Waals surface area contributed by atoms with Crippen LogP contribution in [-0.2, 0) is 0 Å². The molecule has 2 aliphatic rings. The van der Waals surface area contributed by atoms with E-state index < -0.39 is 0 Å². The van der Waals surface area contributed by atoms with Crippen molar-refractivity contribution in [3.05, 3.63) is 59.4 Å². The van der Waals surface area contributed by atoms with E-state index in [1.54, 1.807) is 0 Å². The fourth-order valence-corrected chi connectivity index (χ4v) is 8.87. The zero-order valence-electron chi connectivity index (χ0n) is 21.2. The number of thioether (sulfide) groups is 2. The Bertz CT molecular complexity index is 862. The van der Waals surface area contributed by atoms with Gasteiger partial charge >= 0.3 is 0 Å². The van der Waals surface area contributed by atoms with Crippen molar-refractivity contribution in [1.82, 2.24) is 0 Å². The van der Waals surface area contributed by atoms with Gasteiger partial charge in [-0.2, -0.15) is 0 Å². The molecule has 0 unspecified atom stereocenters. The molecule has 1 saturated carbocycles. The predicted molar refractivity (Wildman–Crippen MR) is 151 cm³/mol. The highest BCUT2D eigenvalue weighted by molar-refractivity contribution is 8.16. The highest BCUT2D eigenvalue weighted by Gasteiger charge is 2.24. The number of halogens is 1. The zero-order valence-corrected chi connectivity index (χ0v) is 22.9. The number of rotatable bonds is 10. The van der Waals surface area contributed by atoms with Crippen LogP contribution in [0.3, 0.4) is 0 Å². The van der Waals surface area contributed by atoms with E-state index in [0.29, 0.717) is 10.5 Å². The number of benzene rings is 2. The Kier molecular flexibility index (Phi) is 10.3. The van der Waals surface area contributed by atoms with Crippen LogP contribution in [0.15, 0.2) is 42.5 Å². The van der Waals surface area contributed by atoms with Gasteiger partial charge in [0.2, 0.25) is 0 Å². The molecule has 4 rings (SSSR count). The molecule has 1 aliphatic carbocycles. The fourth-order valence-electron chi connectivity index (χ4n) is 5.70. The molecule has 0 amide bonds. The summed E-state index contributed by atoms with van der Waals surface area (Å²) in [5.74, 6) is 4.80. The van der Waals surface area contributed by atoms with Gasteiger partial charge in [0, 0.05) is 5.56 Å². The summed E-state index contributed by atoms with van der Waals surface area (Å²) in [4.78, 5) is 0. The summed E-state index contributed by atoms with van der Waals surface area (Å²) in [6.07, 6.45) is 14.5. The molecule has 0 N–H and O–H groups in total. The average Bonchev–Trinajstić information content (AvgIpc) is 2.88. The SMILES string of the molecule is CCCCCC1CSC(c2ccc(-c3ccc([C@H]4CC[C@H](CCCC)CC4)cc3F)cc2)SC1. The third kappa shape index (κ3) is 7.06. The molecule has 1 saturated heterocycles. The summed E-state index contributed by atoms with van der Waals surface area (Å²) in [7, 11) is 0. The van der Waals surface area contributed by atoms with Gasteiger partial charge in [-0.3, -0.25) is 0 Å². The first-order valence-electron chi connectivity index (χ1n) is 13.8. The average molecular weight is 499 g/mol. The van der Waals surface area contributed by atoms with Crippen molar-refractivity contribution in [2.24, 2.45) is 11.8 Å². The molecule has 0 atom stereocenters. The quantitative estimate of drug-likeness (QED) is 0.299. The second-order valence-electron chi connectivity index (χ2n) is 10.6. The van der Waals surface area contributed by atoms with Crippen molar-refractivity contribution in [2.45, 2.75) is 95.0 Å². The summed E-state index contributed by atoms with van der Waals surface area (Å²) < 4.78 is 15.7. The first-order valence-corrected chi connectivity index (χ1v) is 15.9. The van der Waals surface area contributed by atoms with Crippen LogP contribution in [0.5, 0.6) is 0 Å². The van der Waals surface area contributed by atoms with Crippen LogP contribution in [0.4, 0.5) is 4.39 Å². The molecule has 0 spiro atoms. The van der Waals surface area contributed by atoms with Crippen LogP contribution in [0.2, 0.25) is 0 Å². The van der Waals surface area contributed by atoms with Gasteiger partial charge < -0.3 is 0 Å². The lowest BCUT2D eigenvalue weighted by molar-refractivity contribution is 0.304. The van der Waals surface area contributed by atoms with Crippen molar-refractivity contribution in [3.8, 4) is 11.1 Å². The molecule has 2 aromatic carbocycles. The Morgan fingerprint density at radius 3 is 2.03 bits per heavy atom. The van der Waals surface area contributed by atoms with E-state index in [2.05, 4.69) is 67.7 Å². The van der Waals surface area contributed by atoms with Crippen molar-refractivity contribution >= 4 is 23.5 Å². The molecular formula is C31H43FS2. The van der Waals surface area contributed by atoms with Gasteiger partial charge in [-0.05, 0) is 84.1 Å². The second kappa shape index (κ2) is 13.4. The summed E-state index contributed by atoms with van der Waals surface area (Å²) in [5, 5.41) is 0. The Labute approximate surface area is 216 Å². The van der Waals surface area contributed by atoms with Gasteiger partial charge in [0.15, 0.2) is 0 Å². The molecule has 186 valence electrons. The zero-order chi connectivity index (χ0) is 23.8. The molecule has 0 aromatic heterocycles. The fraction of sp³-hybridized carbons (Fsp3) is 0.613. The van der Waals surface area contributed by atoms with Crippen molar-refractivity contribution < 1.29 is 4.39 Å². The van der Waals surface area contributed by atoms with E-state index in [0.717, 1.165) is 23.0 Å². The monoisotopic (exact) mass is 498 g/mol. The van der Waals surface area contributed by atoms with Gasteiger partial charge in [0.25, 0.3) is 0 Å². The molecule has 0 radical (unpaired) electrons. The maximum atomic E-state index is 15.2. The van der Waals surface area contributed by atoms with E-state index in [1.807, 2.05) is 12.1 Å². The minimum atomic E-state index is -0.0605. The molecule has 3 heteroatoms. The minimum absolute atomic E-state index is 0.0605. The Balaban J connectivity index is 1.32. The normalized spacial score (nSPS) is 25.4. The highest BCUT2D eigenvalue weighted by Crippen LogP contribution is 2.47. The molecule has 1 heterocycles. The smallest absolute Gasteiger partial charge is 0.131 e. The van der Waals surface area contributed by atoms with Gasteiger partial charge in [0.1, 0.15) is 5.82 Å². The van der Waals surface area contributed by atoms with E-state index in [9.17, 15) is 0 Å². The summed E-state index contributed by atoms with van der Waals surface area (Å²) in [6, 6.07) is 14.7. The van der Waals surface area contributed by atoms with Gasteiger partial charge in [-0.25, -0.2) is 4.39 Å². The van der Waals surface area contributed by atoms with E-state index in [1.165, 1.54) is 93.3 Å². The van der Waals surface area contributed by atoms with E-state index >= 15 is 4.39 Å². The number of hydrogen-bond donors (Lipinski definition) is 0. The lowest BCUT2D eigenvalue weighted by Crippen LogP contribution is -2.14. The second-order valence-corrected chi connectivity index (χ2v) is 13.2. The summed E-state index contributed by atoms with van der Waals surface area (Å²) in [5.41, 5.74) is 4.32. The maximum absolute atomic E-state index is 15.2. The topological polar surface area (TPSA) is 0 Å². The van der Waals surface area contributed by atoms with Crippen LogP contribution in [0.25, 0.3) is 11.1 Å². The Hall–Kier alpha value is -0.930. The van der Waals surface area contributed by atoms with Crippen molar-refractivity contribution in [3.63, 3.8) is 0 Å². The van der Waals surface area contributed by atoms with Gasteiger partial charge in [-0.1, -0.05) is 88.8 Å². The van der Waals surface area contributed by atoms with Crippen LogP contribution in [0, 0.1) is 17.7 Å².